The van der Waals surface area contributed by atoms with Gasteiger partial charge in [0.25, 0.3) is 0 Å². The summed E-state index contributed by atoms with van der Waals surface area (Å²) >= 11 is 0. The van der Waals surface area contributed by atoms with Crippen LogP contribution in [0.1, 0.15) is 1.43 Å². The molecule has 0 aromatic rings. The smallest absolute Gasteiger partial charge is 0.510 e. The average molecular weight is 99.8 g/mol. The molecular formula is CH4BF3O. The minimum atomic E-state index is -4.99. The van der Waals surface area contributed by atoms with Gasteiger partial charge in [-0.15, -0.1) is 0 Å². The minimum Gasteiger partial charge on any atom is -0.510 e. The van der Waals surface area contributed by atoms with Crippen molar-refractivity contribution in [1.82, 2.24) is 0 Å². The van der Waals surface area contributed by atoms with E-state index in [2.05, 4.69) is 4.65 Å². The first-order chi connectivity index (χ1) is 2.56. The van der Waals surface area contributed by atoms with Crippen LogP contribution in [0.3, 0.4) is 0 Å². The van der Waals surface area contributed by atoms with Gasteiger partial charge in [0.15, 0.2) is 0 Å². The highest BCUT2D eigenvalue weighted by Gasteiger charge is 2.22. The first kappa shape index (κ1) is 5.81. The molecule has 0 heterocycles. The second-order valence-corrected chi connectivity index (χ2v) is 0.750. The Hall–Kier alpha value is -0.185. The Morgan fingerprint density at radius 1 is 1.50 bits per heavy atom. The van der Waals surface area contributed by atoms with E-state index < -0.39 is 7.18 Å². The average Bonchev–Trinajstić information content (AvgIpc) is 1.35. The summed E-state index contributed by atoms with van der Waals surface area (Å²) in [4.78, 5) is 0. The van der Waals surface area contributed by atoms with Gasteiger partial charge in [0.05, 0.1) is 0 Å². The molecule has 0 N–H and O–H groups in total. The molecule has 0 bridgehead atoms. The predicted octanol–water partition coefficient (Wildman–Crippen LogP) is 1.09. The lowest BCUT2D eigenvalue weighted by Crippen LogP contribution is -2.17. The van der Waals surface area contributed by atoms with Crippen LogP contribution in [-0.2, 0) is 4.65 Å². The lowest BCUT2D eigenvalue weighted by molar-refractivity contribution is 0.225. The van der Waals surface area contributed by atoms with E-state index >= 15 is 0 Å². The maximum Gasteiger partial charge on any atom is 1.00 e. The number of rotatable bonds is 1. The van der Waals surface area contributed by atoms with Crippen LogP contribution in [0.25, 0.3) is 0 Å². The third-order valence-corrected chi connectivity index (χ3v) is 0.267. The molecule has 0 saturated carbocycles. The van der Waals surface area contributed by atoms with Crippen molar-refractivity contribution in [2.24, 2.45) is 0 Å². The largest absolute Gasteiger partial charge is 1.00 e. The molecule has 0 saturated heterocycles. The van der Waals surface area contributed by atoms with E-state index in [1.807, 2.05) is 0 Å². The molecule has 0 aliphatic rings. The summed E-state index contributed by atoms with van der Waals surface area (Å²) in [6.07, 6.45) is 0. The maximum atomic E-state index is 10.6. The van der Waals surface area contributed by atoms with Crippen molar-refractivity contribution in [3.8, 4) is 0 Å². The summed E-state index contributed by atoms with van der Waals surface area (Å²) in [6, 6.07) is 0. The number of hydrogen-bond acceptors (Lipinski definition) is 1. The third kappa shape index (κ3) is 3.81. The molecular weight excluding hydrogens is 95.8 g/mol. The molecule has 0 aliphatic heterocycles. The van der Waals surface area contributed by atoms with Gasteiger partial charge >= 0.3 is 8.61 Å². The van der Waals surface area contributed by atoms with E-state index in [9.17, 15) is 12.9 Å². The minimum absolute atomic E-state index is 0. The van der Waals surface area contributed by atoms with Crippen molar-refractivity contribution in [3.05, 3.63) is 0 Å². The Bertz CT molecular complexity index is 44.7. The van der Waals surface area contributed by atoms with E-state index in [1.54, 1.807) is 0 Å². The fraction of sp³-hybridized carbons (Fsp3) is 1.00. The summed E-state index contributed by atoms with van der Waals surface area (Å²) in [5.41, 5.74) is 0. The van der Waals surface area contributed by atoms with Crippen LogP contribution in [0.5, 0.6) is 0 Å². The third-order valence-electron chi connectivity index (χ3n) is 0.267. The zero-order chi connectivity index (χ0) is 5.21. The molecule has 5 heteroatoms. The topological polar surface area (TPSA) is 9.23 Å². The van der Waals surface area contributed by atoms with Gasteiger partial charge in [-0.2, -0.15) is 0 Å². The molecule has 0 aromatic heterocycles. The summed E-state index contributed by atoms with van der Waals surface area (Å²) in [7, 11) is -4.38. The summed E-state index contributed by atoms with van der Waals surface area (Å²) in [5.74, 6) is 0. The fourth-order valence-electron chi connectivity index (χ4n) is 0. The predicted molar refractivity (Wildman–Crippen MR) is 17.2 cm³/mol. The standard InChI is InChI=1S/CH3BF3O/c1-6-2(3,4)5/h1H3/q-1/p+1. The van der Waals surface area contributed by atoms with Gasteiger partial charge in [-0.05, 0) is 7.11 Å². The van der Waals surface area contributed by atoms with Gasteiger partial charge in [-0.1, -0.05) is 0 Å². The highest BCUT2D eigenvalue weighted by atomic mass is 19.4. The monoisotopic (exact) mass is 100 g/mol. The van der Waals surface area contributed by atoms with Crippen LogP contribution in [0.4, 0.5) is 12.9 Å². The Balaban J connectivity index is 0. The molecule has 0 unspecified atom stereocenters. The van der Waals surface area contributed by atoms with Gasteiger partial charge in [-0.3, -0.25) is 0 Å². The van der Waals surface area contributed by atoms with Crippen molar-refractivity contribution in [2.45, 2.75) is 0 Å². The van der Waals surface area contributed by atoms with Crippen molar-refractivity contribution in [2.75, 3.05) is 7.11 Å². The summed E-state index contributed by atoms with van der Waals surface area (Å²) in [5, 5.41) is 0. The van der Waals surface area contributed by atoms with Gasteiger partial charge in [-0.25, -0.2) is 0 Å². The Morgan fingerprint density at radius 2 is 1.67 bits per heavy atom. The highest BCUT2D eigenvalue weighted by Crippen LogP contribution is 2.06. The molecule has 6 heavy (non-hydrogen) atoms. The van der Waals surface area contributed by atoms with Gasteiger partial charge < -0.3 is 17.6 Å². The van der Waals surface area contributed by atoms with E-state index in [4.69, 9.17) is 0 Å². The van der Waals surface area contributed by atoms with Crippen LogP contribution in [0.15, 0.2) is 0 Å². The molecule has 0 amide bonds. The lowest BCUT2D eigenvalue weighted by atomic mass is 10.3. The zero-order valence-corrected chi connectivity index (χ0v) is 3.12. The second kappa shape index (κ2) is 1.51. The fourth-order valence-corrected chi connectivity index (χ4v) is 0. The summed E-state index contributed by atoms with van der Waals surface area (Å²) < 4.78 is 34.9. The van der Waals surface area contributed by atoms with Crippen molar-refractivity contribution in [3.63, 3.8) is 0 Å². The Morgan fingerprint density at radius 3 is 1.67 bits per heavy atom. The molecule has 0 spiro atoms. The van der Waals surface area contributed by atoms with E-state index in [1.165, 1.54) is 0 Å². The molecule has 0 fully saturated rings. The zero-order valence-electron chi connectivity index (χ0n) is 4.12. The molecule has 0 aliphatic carbocycles. The maximum absolute atomic E-state index is 10.6. The highest BCUT2D eigenvalue weighted by molar-refractivity contribution is 6.50. The Kier molecular flexibility index (Phi) is 1.46. The first-order valence-corrected chi connectivity index (χ1v) is 1.30. The van der Waals surface area contributed by atoms with Crippen molar-refractivity contribution >= 4 is 7.18 Å². The molecule has 0 rings (SSSR count). The summed E-state index contributed by atoms with van der Waals surface area (Å²) in [6.45, 7) is 0. The molecule has 0 aromatic carbocycles. The van der Waals surface area contributed by atoms with Crippen molar-refractivity contribution in [1.29, 1.82) is 0 Å². The molecule has 0 atom stereocenters. The second-order valence-electron chi connectivity index (χ2n) is 0.750. The van der Waals surface area contributed by atoms with Gasteiger partial charge in [0.1, 0.15) is 0 Å². The van der Waals surface area contributed by atoms with Crippen LogP contribution in [0, 0.1) is 0 Å². The van der Waals surface area contributed by atoms with E-state index in [0.717, 1.165) is 0 Å². The number of halogens is 3. The van der Waals surface area contributed by atoms with Crippen LogP contribution in [0.2, 0.25) is 0 Å². The van der Waals surface area contributed by atoms with Crippen LogP contribution in [-0.4, -0.2) is 14.3 Å². The van der Waals surface area contributed by atoms with Gasteiger partial charge in [0, 0.05) is 0 Å². The number of hydrogen-bond donors (Lipinski definition) is 0. The quantitative estimate of drug-likeness (QED) is 0.448. The lowest BCUT2D eigenvalue weighted by Gasteiger charge is -2.08. The van der Waals surface area contributed by atoms with Crippen molar-refractivity contribution < 1.29 is 19.0 Å². The Labute approximate surface area is 34.7 Å². The molecule has 1 nitrogen and oxygen atoms in total. The van der Waals surface area contributed by atoms with Gasteiger partial charge in [0.2, 0.25) is 0 Å². The normalized spacial score (nSPS) is 12.0. The molecule has 38 valence electrons. The van der Waals surface area contributed by atoms with E-state index in [-0.39, 0.29) is 1.43 Å². The van der Waals surface area contributed by atoms with E-state index in [0.29, 0.717) is 7.11 Å². The van der Waals surface area contributed by atoms with Crippen LogP contribution < -0.4 is 0 Å². The SMILES string of the molecule is CO[B-](F)(F)F.[H+]. The molecule has 0 radical (unpaired) electrons. The first-order valence-electron chi connectivity index (χ1n) is 1.30. The van der Waals surface area contributed by atoms with Crippen LogP contribution >= 0.6 is 0 Å².